The molecule has 0 saturated heterocycles. The average Bonchev–Trinajstić information content (AvgIpc) is 3.46. The van der Waals surface area contributed by atoms with Crippen molar-refractivity contribution in [3.8, 4) is 11.3 Å². The summed E-state index contributed by atoms with van der Waals surface area (Å²) in [5.74, 6) is 0.723. The van der Waals surface area contributed by atoms with Crippen molar-refractivity contribution in [2.45, 2.75) is 53.1 Å². The molecule has 0 unspecified atom stereocenters. The Morgan fingerprint density at radius 3 is 2.80 bits per heavy atom. The maximum absolute atomic E-state index is 4.68. The zero-order valence-electron chi connectivity index (χ0n) is 18.1. The number of anilines is 2. The number of aryl methyl sites for hydroxylation is 1. The van der Waals surface area contributed by atoms with E-state index in [9.17, 15) is 0 Å². The summed E-state index contributed by atoms with van der Waals surface area (Å²) in [6.07, 6.45) is 8.58. The Bertz CT molecular complexity index is 1130. The van der Waals surface area contributed by atoms with Crippen molar-refractivity contribution in [2.75, 3.05) is 11.9 Å². The van der Waals surface area contributed by atoms with Crippen LogP contribution < -0.4 is 5.32 Å². The summed E-state index contributed by atoms with van der Waals surface area (Å²) in [7, 11) is 0. The normalized spacial score (nSPS) is 12.2. The van der Waals surface area contributed by atoms with Gasteiger partial charge >= 0.3 is 0 Å². The van der Waals surface area contributed by atoms with Gasteiger partial charge in [-0.25, -0.2) is 9.97 Å². The van der Waals surface area contributed by atoms with Gasteiger partial charge in [-0.1, -0.05) is 13.8 Å². The van der Waals surface area contributed by atoms with Gasteiger partial charge in [0.25, 0.3) is 0 Å². The van der Waals surface area contributed by atoms with Gasteiger partial charge in [0.1, 0.15) is 5.00 Å². The van der Waals surface area contributed by atoms with Crippen molar-refractivity contribution < 1.29 is 0 Å². The van der Waals surface area contributed by atoms with Gasteiger partial charge in [-0.2, -0.15) is 9.47 Å². The molecule has 0 aromatic carbocycles. The highest BCUT2D eigenvalue weighted by molar-refractivity contribution is 7.10. The van der Waals surface area contributed by atoms with Gasteiger partial charge in [-0.3, -0.25) is 14.4 Å². The third-order valence-corrected chi connectivity index (χ3v) is 6.41. The molecule has 4 heterocycles. The lowest BCUT2D eigenvalue weighted by Crippen LogP contribution is -2.42. The summed E-state index contributed by atoms with van der Waals surface area (Å²) >= 11 is 1.45. The summed E-state index contributed by atoms with van der Waals surface area (Å²) < 4.78 is 6.71. The first-order valence-corrected chi connectivity index (χ1v) is 11.0. The van der Waals surface area contributed by atoms with Gasteiger partial charge in [0.2, 0.25) is 0 Å². The molecular formula is C21H28N8S. The van der Waals surface area contributed by atoms with E-state index in [4.69, 9.17) is 0 Å². The molecule has 8 nitrogen and oxygen atoms in total. The van der Waals surface area contributed by atoms with E-state index < -0.39 is 0 Å². The number of hydrogen-bond acceptors (Lipinski definition) is 7. The smallest absolute Gasteiger partial charge is 0.180 e. The fourth-order valence-corrected chi connectivity index (χ4v) is 4.19. The van der Waals surface area contributed by atoms with Gasteiger partial charge in [0.15, 0.2) is 11.5 Å². The number of imidazole rings is 1. The minimum absolute atomic E-state index is 0.148. The number of aromatic amines is 1. The maximum Gasteiger partial charge on any atom is 0.180 e. The quantitative estimate of drug-likeness (QED) is 0.428. The number of H-pyrrole nitrogens is 1. The molecule has 0 saturated carbocycles. The minimum atomic E-state index is 0.148. The van der Waals surface area contributed by atoms with Gasteiger partial charge < -0.3 is 5.32 Å². The van der Waals surface area contributed by atoms with Crippen LogP contribution >= 0.6 is 11.5 Å². The van der Waals surface area contributed by atoms with Crippen LogP contribution in [0.4, 0.5) is 10.8 Å². The first-order valence-electron chi connectivity index (χ1n) is 10.2. The SMILES string of the molecule is CCN(Cc1cc(Nc2nc(C)cn3c(-c4cn[nH]c4)cnc23)sn1)C(C)(C)CC. The fraction of sp³-hybridized carbons (Fsp3) is 0.429. The van der Waals surface area contributed by atoms with E-state index in [1.807, 2.05) is 29.9 Å². The van der Waals surface area contributed by atoms with E-state index in [-0.39, 0.29) is 5.54 Å². The summed E-state index contributed by atoms with van der Waals surface area (Å²) in [4.78, 5) is 11.7. The number of fused-ring (bicyclic) bond motifs is 1. The summed E-state index contributed by atoms with van der Waals surface area (Å²) in [6.45, 7) is 12.8. The molecule has 0 bridgehead atoms. The van der Waals surface area contributed by atoms with Crippen LogP contribution in [0.3, 0.4) is 0 Å². The van der Waals surface area contributed by atoms with Gasteiger partial charge in [0, 0.05) is 30.0 Å². The number of hydrogen-bond donors (Lipinski definition) is 2. The highest BCUT2D eigenvalue weighted by Gasteiger charge is 2.24. The molecule has 158 valence electrons. The van der Waals surface area contributed by atoms with Crippen LogP contribution in [-0.2, 0) is 6.54 Å². The predicted octanol–water partition coefficient (Wildman–Crippen LogP) is 4.64. The minimum Gasteiger partial charge on any atom is -0.328 e. The Labute approximate surface area is 180 Å². The van der Waals surface area contributed by atoms with Crippen LogP contribution in [-0.4, -0.2) is 45.9 Å². The van der Waals surface area contributed by atoms with Gasteiger partial charge in [-0.15, -0.1) is 0 Å². The molecule has 0 radical (unpaired) electrons. The third kappa shape index (κ3) is 3.95. The zero-order chi connectivity index (χ0) is 21.3. The second-order valence-electron chi connectivity index (χ2n) is 8.04. The molecule has 30 heavy (non-hydrogen) atoms. The number of rotatable bonds is 8. The maximum atomic E-state index is 4.68. The first-order chi connectivity index (χ1) is 14.4. The monoisotopic (exact) mass is 424 g/mol. The zero-order valence-corrected chi connectivity index (χ0v) is 18.9. The third-order valence-electron chi connectivity index (χ3n) is 5.66. The molecule has 0 fully saturated rings. The van der Waals surface area contributed by atoms with Crippen molar-refractivity contribution >= 4 is 28.0 Å². The molecule has 0 aliphatic rings. The Balaban J connectivity index is 1.60. The molecule has 2 N–H and O–H groups in total. The van der Waals surface area contributed by atoms with E-state index in [0.717, 1.165) is 58.6 Å². The predicted molar refractivity (Wildman–Crippen MR) is 121 cm³/mol. The highest BCUT2D eigenvalue weighted by Crippen LogP contribution is 2.28. The van der Waals surface area contributed by atoms with Crippen LogP contribution in [0.5, 0.6) is 0 Å². The lowest BCUT2D eigenvalue weighted by Gasteiger charge is -2.36. The second-order valence-corrected chi connectivity index (χ2v) is 8.85. The summed E-state index contributed by atoms with van der Waals surface area (Å²) in [5, 5.41) is 11.3. The Kier molecular flexibility index (Phi) is 5.57. The lowest BCUT2D eigenvalue weighted by molar-refractivity contribution is 0.113. The Morgan fingerprint density at radius 1 is 1.27 bits per heavy atom. The molecule has 0 spiro atoms. The van der Waals surface area contributed by atoms with E-state index >= 15 is 0 Å². The molecule has 0 aliphatic heterocycles. The number of nitrogens with zero attached hydrogens (tertiary/aromatic N) is 6. The van der Waals surface area contributed by atoms with Crippen molar-refractivity contribution in [3.63, 3.8) is 0 Å². The lowest BCUT2D eigenvalue weighted by atomic mass is 9.99. The molecule has 0 atom stereocenters. The molecule has 9 heteroatoms. The van der Waals surface area contributed by atoms with Crippen molar-refractivity contribution in [2.24, 2.45) is 0 Å². The van der Waals surface area contributed by atoms with Gasteiger partial charge in [0.05, 0.1) is 29.5 Å². The van der Waals surface area contributed by atoms with Crippen LogP contribution in [0.2, 0.25) is 0 Å². The van der Waals surface area contributed by atoms with E-state index in [1.54, 1.807) is 6.20 Å². The molecule has 0 amide bonds. The standard InChI is InChI=1S/C21H28N8S/c1-6-21(4,5)28(7-2)13-16-8-18(30-27-16)26-19-20-22-11-17(15-9-23-24-10-15)29(20)12-14(3)25-19/h8-12H,6-7,13H2,1-5H3,(H,23,24)(H,25,26). The van der Waals surface area contributed by atoms with Crippen LogP contribution in [0.1, 0.15) is 45.5 Å². The Hall–Kier alpha value is -2.78. The van der Waals surface area contributed by atoms with Crippen molar-refractivity contribution in [1.29, 1.82) is 0 Å². The fourth-order valence-electron chi connectivity index (χ4n) is 3.53. The molecular weight excluding hydrogens is 396 g/mol. The van der Waals surface area contributed by atoms with Gasteiger partial charge in [-0.05, 0) is 51.3 Å². The summed E-state index contributed by atoms with van der Waals surface area (Å²) in [6, 6.07) is 2.11. The highest BCUT2D eigenvalue weighted by atomic mass is 32.1. The number of nitrogens with one attached hydrogen (secondary N) is 2. The van der Waals surface area contributed by atoms with Crippen molar-refractivity contribution in [3.05, 3.63) is 42.2 Å². The van der Waals surface area contributed by atoms with Crippen LogP contribution in [0, 0.1) is 6.92 Å². The topological polar surface area (TPSA) is 87.0 Å². The summed E-state index contributed by atoms with van der Waals surface area (Å²) in [5.41, 5.74) is 4.84. The van der Waals surface area contributed by atoms with Crippen LogP contribution in [0.15, 0.2) is 30.9 Å². The van der Waals surface area contributed by atoms with Crippen LogP contribution in [0.25, 0.3) is 16.9 Å². The molecule has 4 aromatic rings. The van der Waals surface area contributed by atoms with E-state index in [0.29, 0.717) is 0 Å². The Morgan fingerprint density at radius 2 is 2.10 bits per heavy atom. The van der Waals surface area contributed by atoms with E-state index in [2.05, 4.69) is 68.5 Å². The van der Waals surface area contributed by atoms with Crippen molar-refractivity contribution in [1.82, 2.24) is 33.8 Å². The average molecular weight is 425 g/mol. The number of aromatic nitrogens is 6. The van der Waals surface area contributed by atoms with E-state index in [1.165, 1.54) is 11.5 Å². The molecule has 0 aliphatic carbocycles. The molecule has 4 aromatic heterocycles. The molecule has 4 rings (SSSR count). The second kappa shape index (κ2) is 8.16. The first kappa shape index (κ1) is 20.5. The largest absolute Gasteiger partial charge is 0.328 e.